The van der Waals surface area contributed by atoms with Gasteiger partial charge in [-0.05, 0) is 24.8 Å². The normalized spacial score (nSPS) is 10.7. The zero-order chi connectivity index (χ0) is 22.3. The monoisotopic (exact) mass is 418 g/mol. The molecule has 2 rings (SSSR count). The molecule has 1 aromatic carbocycles. The number of nitrogens with two attached hydrogens (primary N) is 1. The molecule has 0 spiro atoms. The molecule has 0 radical (unpaired) electrons. The molecule has 1 aromatic heterocycles. The predicted octanol–water partition coefficient (Wildman–Crippen LogP) is 2.18. The third-order valence-electron chi connectivity index (χ3n) is 4.46. The third-order valence-corrected chi connectivity index (χ3v) is 4.46. The van der Waals surface area contributed by atoms with Crippen LogP contribution in [0, 0.1) is 0 Å². The van der Waals surface area contributed by atoms with Crippen LogP contribution in [0.15, 0.2) is 18.2 Å². The molecule has 0 saturated carbocycles. The van der Waals surface area contributed by atoms with E-state index >= 15 is 0 Å². The lowest BCUT2D eigenvalue weighted by Gasteiger charge is -2.17. The number of esters is 2. The van der Waals surface area contributed by atoms with Crippen LogP contribution in [0.1, 0.15) is 21.7 Å². The fourth-order valence-corrected chi connectivity index (χ4v) is 3.16. The molecule has 0 unspecified atom stereocenters. The molecule has 0 aliphatic rings. The van der Waals surface area contributed by atoms with Crippen LogP contribution in [0.2, 0.25) is 0 Å². The highest BCUT2D eigenvalue weighted by Crippen LogP contribution is 2.47. The number of rotatable bonds is 9. The first-order chi connectivity index (χ1) is 14.5. The average Bonchev–Trinajstić information content (AvgIpc) is 3.13. The smallest absolute Gasteiger partial charge is 0.355 e. The van der Waals surface area contributed by atoms with Gasteiger partial charge in [-0.2, -0.15) is 0 Å². The molecule has 1 heterocycles. The molecular weight excluding hydrogens is 392 g/mol. The second-order valence-corrected chi connectivity index (χ2v) is 6.04. The van der Waals surface area contributed by atoms with Crippen molar-refractivity contribution in [2.45, 2.75) is 6.42 Å². The van der Waals surface area contributed by atoms with Crippen molar-refractivity contribution >= 4 is 18.0 Å². The summed E-state index contributed by atoms with van der Waals surface area (Å²) >= 11 is 0. The fraction of sp³-hybridized carbons (Fsp3) is 0.333. The molecule has 162 valence electrons. The summed E-state index contributed by atoms with van der Waals surface area (Å²) in [5.74, 6) is 0.105. The molecule has 0 aliphatic carbocycles. The first-order valence-electron chi connectivity index (χ1n) is 9.05. The van der Waals surface area contributed by atoms with Crippen LogP contribution in [0.25, 0.3) is 17.2 Å². The van der Waals surface area contributed by atoms with E-state index in [0.29, 0.717) is 52.6 Å². The molecule has 3 N–H and O–H groups in total. The zero-order valence-electron chi connectivity index (χ0n) is 17.7. The predicted molar refractivity (Wildman–Crippen MR) is 111 cm³/mol. The van der Waals surface area contributed by atoms with Crippen molar-refractivity contribution in [3.05, 3.63) is 35.2 Å². The number of aromatic nitrogens is 1. The number of ether oxygens (including phenoxy) is 5. The van der Waals surface area contributed by atoms with Gasteiger partial charge in [-0.25, -0.2) is 9.59 Å². The lowest BCUT2D eigenvalue weighted by molar-refractivity contribution is -0.134. The van der Waals surface area contributed by atoms with Gasteiger partial charge in [-0.1, -0.05) is 0 Å². The largest absolute Gasteiger partial charge is 0.493 e. The van der Waals surface area contributed by atoms with Crippen LogP contribution in [-0.4, -0.2) is 59.0 Å². The van der Waals surface area contributed by atoms with Crippen LogP contribution in [0.4, 0.5) is 0 Å². The minimum atomic E-state index is -0.594. The summed E-state index contributed by atoms with van der Waals surface area (Å²) in [6.45, 7) is 0.323. The first kappa shape index (κ1) is 22.8. The SMILES string of the molecule is COC(=O)C=Cc1c(C(=O)OC)[nH]c(CCN)c1-c1ccc(OC)c(OC)c1OC. The number of hydrogen-bond donors (Lipinski definition) is 2. The number of carbonyl (C=O) groups is 2. The van der Waals surface area contributed by atoms with Gasteiger partial charge >= 0.3 is 11.9 Å². The minimum Gasteiger partial charge on any atom is -0.493 e. The van der Waals surface area contributed by atoms with Gasteiger partial charge in [0.2, 0.25) is 5.75 Å². The number of benzene rings is 1. The van der Waals surface area contributed by atoms with E-state index in [-0.39, 0.29) is 5.69 Å². The van der Waals surface area contributed by atoms with E-state index in [0.717, 1.165) is 0 Å². The van der Waals surface area contributed by atoms with Crippen molar-refractivity contribution in [2.75, 3.05) is 42.1 Å². The van der Waals surface area contributed by atoms with Gasteiger partial charge in [-0.15, -0.1) is 0 Å². The number of hydrogen-bond acceptors (Lipinski definition) is 8. The average molecular weight is 418 g/mol. The van der Waals surface area contributed by atoms with Gasteiger partial charge in [0.25, 0.3) is 0 Å². The molecule has 30 heavy (non-hydrogen) atoms. The minimum absolute atomic E-state index is 0.174. The van der Waals surface area contributed by atoms with E-state index in [9.17, 15) is 9.59 Å². The van der Waals surface area contributed by atoms with Crippen molar-refractivity contribution < 1.29 is 33.3 Å². The summed E-state index contributed by atoms with van der Waals surface area (Å²) in [4.78, 5) is 27.2. The van der Waals surface area contributed by atoms with Gasteiger partial charge in [-0.3, -0.25) is 0 Å². The summed E-state index contributed by atoms with van der Waals surface area (Å²) in [5, 5.41) is 0. The molecule has 9 nitrogen and oxygen atoms in total. The lowest BCUT2D eigenvalue weighted by atomic mass is 9.96. The molecule has 0 amide bonds. The van der Waals surface area contributed by atoms with Gasteiger partial charge in [0, 0.05) is 34.9 Å². The van der Waals surface area contributed by atoms with Gasteiger partial charge in [0.1, 0.15) is 5.69 Å². The number of H-pyrrole nitrogens is 1. The summed E-state index contributed by atoms with van der Waals surface area (Å²) < 4.78 is 26.0. The quantitative estimate of drug-likeness (QED) is 0.469. The van der Waals surface area contributed by atoms with Crippen molar-refractivity contribution in [1.82, 2.24) is 4.98 Å². The van der Waals surface area contributed by atoms with E-state index in [4.69, 9.17) is 24.7 Å². The van der Waals surface area contributed by atoms with Crippen molar-refractivity contribution in [2.24, 2.45) is 5.73 Å². The fourth-order valence-electron chi connectivity index (χ4n) is 3.16. The van der Waals surface area contributed by atoms with Crippen molar-refractivity contribution in [3.63, 3.8) is 0 Å². The summed E-state index contributed by atoms with van der Waals surface area (Å²) in [7, 11) is 7.06. The Labute approximate surface area is 174 Å². The number of aromatic amines is 1. The summed E-state index contributed by atoms with van der Waals surface area (Å²) in [5.41, 5.74) is 8.31. The van der Waals surface area contributed by atoms with Gasteiger partial charge < -0.3 is 34.4 Å². The molecule has 0 bridgehead atoms. The number of methoxy groups -OCH3 is 5. The van der Waals surface area contributed by atoms with Gasteiger partial charge in [0.05, 0.1) is 35.5 Å². The Balaban J connectivity index is 2.89. The second-order valence-electron chi connectivity index (χ2n) is 6.04. The standard InChI is InChI=1S/C21H26N2O7/c1-26-15-8-6-13(19(28-3)20(15)29-4)17-12(7-9-16(24)27-2)18(21(25)30-5)23-14(17)10-11-22/h6-9,23H,10-11,22H2,1-5H3. The Morgan fingerprint density at radius 1 is 1.00 bits per heavy atom. The maximum absolute atomic E-state index is 12.4. The van der Waals surface area contributed by atoms with Crippen molar-refractivity contribution in [1.29, 1.82) is 0 Å². The summed E-state index contributed by atoms with van der Waals surface area (Å²) in [6, 6.07) is 3.50. The molecule has 0 fully saturated rings. The maximum Gasteiger partial charge on any atom is 0.355 e. The maximum atomic E-state index is 12.4. The lowest BCUT2D eigenvalue weighted by Crippen LogP contribution is -2.06. The van der Waals surface area contributed by atoms with Crippen LogP contribution < -0.4 is 19.9 Å². The van der Waals surface area contributed by atoms with Crippen LogP contribution >= 0.6 is 0 Å². The molecule has 2 aromatic rings. The zero-order valence-corrected chi connectivity index (χ0v) is 17.7. The third kappa shape index (κ3) is 4.41. The topological polar surface area (TPSA) is 122 Å². The van der Waals surface area contributed by atoms with Crippen LogP contribution in [0.5, 0.6) is 17.2 Å². The van der Waals surface area contributed by atoms with E-state index in [1.807, 2.05) is 0 Å². The molecule has 0 aliphatic heterocycles. The first-order valence-corrected chi connectivity index (χ1v) is 9.05. The highest BCUT2D eigenvalue weighted by Gasteiger charge is 2.26. The highest BCUT2D eigenvalue weighted by atomic mass is 16.5. The molecule has 9 heteroatoms. The van der Waals surface area contributed by atoms with E-state index in [1.165, 1.54) is 47.7 Å². The van der Waals surface area contributed by atoms with E-state index in [2.05, 4.69) is 9.72 Å². The van der Waals surface area contributed by atoms with Crippen molar-refractivity contribution in [3.8, 4) is 28.4 Å². The highest BCUT2D eigenvalue weighted by molar-refractivity contribution is 6.00. The number of carbonyl (C=O) groups excluding carboxylic acids is 2. The number of nitrogens with one attached hydrogen (secondary N) is 1. The Bertz CT molecular complexity index is 947. The molecule has 0 atom stereocenters. The van der Waals surface area contributed by atoms with Gasteiger partial charge in [0.15, 0.2) is 11.5 Å². The second kappa shape index (κ2) is 10.4. The summed E-state index contributed by atoms with van der Waals surface area (Å²) in [6.07, 6.45) is 3.14. The Hall–Kier alpha value is -3.46. The van der Waals surface area contributed by atoms with E-state index < -0.39 is 11.9 Å². The van der Waals surface area contributed by atoms with Crippen LogP contribution in [-0.2, 0) is 20.7 Å². The Morgan fingerprint density at radius 3 is 2.23 bits per heavy atom. The van der Waals surface area contributed by atoms with Crippen LogP contribution in [0.3, 0.4) is 0 Å². The Morgan fingerprint density at radius 2 is 1.70 bits per heavy atom. The Kier molecular flexibility index (Phi) is 7.88. The van der Waals surface area contributed by atoms with E-state index in [1.54, 1.807) is 12.1 Å². The molecule has 0 saturated heterocycles. The molecular formula is C21H26N2O7.